The second kappa shape index (κ2) is 2.48. The fourth-order valence-corrected chi connectivity index (χ4v) is 1.68. The number of rotatable bonds is 0. The van der Waals surface area contributed by atoms with Crippen molar-refractivity contribution in [2.75, 3.05) is 0 Å². The fraction of sp³-hybridized carbons (Fsp3) is 0.200. The lowest BCUT2D eigenvalue weighted by molar-refractivity contribution is 1.72. The summed E-state index contributed by atoms with van der Waals surface area (Å²) in [6.07, 6.45) is 0. The van der Waals surface area contributed by atoms with Gasteiger partial charge < -0.3 is 0 Å². The molecule has 0 aromatic heterocycles. The van der Waals surface area contributed by atoms with E-state index < -0.39 is 0 Å². The monoisotopic (exact) mass is 130 g/mol. The number of hydrogen-bond acceptors (Lipinski definition) is 2. The van der Waals surface area contributed by atoms with E-state index in [1.807, 2.05) is 0 Å². The van der Waals surface area contributed by atoms with Crippen LogP contribution < -0.4 is 0 Å². The largest absolute Gasteiger partial charge is 0.105 e. The minimum atomic E-state index is 1.38. The third-order valence-corrected chi connectivity index (χ3v) is 2.49. The van der Waals surface area contributed by atoms with Crippen molar-refractivity contribution in [3.63, 3.8) is 0 Å². The first-order chi connectivity index (χ1) is 3.39. The molecule has 1 heterocycles. The molecule has 0 nitrogen and oxygen atoms in total. The Labute approximate surface area is 52.1 Å². The lowest BCUT2D eigenvalue weighted by atomic mass is 10.8. The topological polar surface area (TPSA) is 0 Å². The molecule has 0 aromatic carbocycles. The van der Waals surface area contributed by atoms with Gasteiger partial charge in [-0.1, -0.05) is 0 Å². The third kappa shape index (κ3) is 1.61. The normalized spacial score (nSPS) is 19.3. The predicted molar refractivity (Wildman–Crippen MR) is 38.1 cm³/mol. The van der Waals surface area contributed by atoms with E-state index in [0.717, 1.165) is 0 Å². The number of hydrogen-bond donors (Lipinski definition) is 0. The van der Waals surface area contributed by atoms with E-state index >= 15 is 0 Å². The molecule has 0 unspecified atom stereocenters. The third-order valence-electron chi connectivity index (χ3n) is 0.622. The summed E-state index contributed by atoms with van der Waals surface area (Å²) in [4.78, 5) is 1.38. The molecule has 0 atom stereocenters. The summed E-state index contributed by atoms with van der Waals surface area (Å²) in [6.45, 7) is 2.11. The van der Waals surface area contributed by atoms with E-state index in [-0.39, 0.29) is 0 Å². The van der Waals surface area contributed by atoms with Gasteiger partial charge in [-0.2, -0.15) is 0 Å². The molecule has 1 rings (SSSR count). The molecule has 0 N–H and O–H groups in total. The molecule has 7 heavy (non-hydrogen) atoms. The number of allylic oxidation sites excluding steroid dienone is 1. The highest BCUT2D eigenvalue weighted by Crippen LogP contribution is 2.26. The molecule has 0 amide bonds. The molecule has 1 aliphatic heterocycles. The van der Waals surface area contributed by atoms with Crippen LogP contribution in [0.1, 0.15) is 6.92 Å². The van der Waals surface area contributed by atoms with Crippen LogP contribution in [-0.4, -0.2) is 0 Å². The zero-order chi connectivity index (χ0) is 5.11. The summed E-state index contributed by atoms with van der Waals surface area (Å²) in [5, 5.41) is 6.32. The molecule has 0 spiro atoms. The predicted octanol–water partition coefficient (Wildman–Crippen LogP) is 2.80. The summed E-state index contributed by atoms with van der Waals surface area (Å²) in [7, 11) is 0. The van der Waals surface area contributed by atoms with E-state index in [2.05, 4.69) is 23.1 Å². The Morgan fingerprint density at radius 2 is 2.29 bits per heavy atom. The number of thioether (sulfide) groups is 2. The lowest BCUT2D eigenvalue weighted by Crippen LogP contribution is -1.63. The van der Waals surface area contributed by atoms with Crippen molar-refractivity contribution in [2.45, 2.75) is 6.92 Å². The second-order valence-electron chi connectivity index (χ2n) is 1.25. The minimum absolute atomic E-state index is 1.38. The van der Waals surface area contributed by atoms with Crippen LogP contribution >= 0.6 is 23.5 Å². The van der Waals surface area contributed by atoms with Gasteiger partial charge in [0.25, 0.3) is 0 Å². The molecular formula is C5H6S2. The average molecular weight is 130 g/mol. The van der Waals surface area contributed by atoms with Crippen LogP contribution in [0.15, 0.2) is 21.1 Å². The van der Waals surface area contributed by atoms with Gasteiger partial charge in [0.05, 0.1) is 0 Å². The smallest absolute Gasteiger partial charge is 0.00729 e. The summed E-state index contributed by atoms with van der Waals surface area (Å²) in [6, 6.07) is 0. The van der Waals surface area contributed by atoms with Crippen LogP contribution in [0.3, 0.4) is 0 Å². The lowest BCUT2D eigenvalue weighted by Gasteiger charge is -1.96. The molecule has 38 valence electrons. The van der Waals surface area contributed by atoms with Gasteiger partial charge in [-0.3, -0.25) is 0 Å². The van der Waals surface area contributed by atoms with Crippen LogP contribution in [0, 0.1) is 0 Å². The van der Waals surface area contributed by atoms with Gasteiger partial charge >= 0.3 is 0 Å². The highest BCUT2D eigenvalue weighted by atomic mass is 32.2. The van der Waals surface area contributed by atoms with Gasteiger partial charge in [-0.05, 0) is 28.1 Å². The standard InChI is InChI=1S/C5H6S2/c1-5-4-6-2-3-7-5/h2-4H,1H3. The van der Waals surface area contributed by atoms with Crippen molar-refractivity contribution >= 4 is 23.5 Å². The van der Waals surface area contributed by atoms with Crippen molar-refractivity contribution in [3.8, 4) is 0 Å². The molecule has 0 aliphatic carbocycles. The zero-order valence-electron chi connectivity index (χ0n) is 4.05. The van der Waals surface area contributed by atoms with Crippen molar-refractivity contribution in [2.24, 2.45) is 0 Å². The quantitative estimate of drug-likeness (QED) is 0.494. The Morgan fingerprint density at radius 1 is 1.43 bits per heavy atom. The van der Waals surface area contributed by atoms with E-state index in [9.17, 15) is 0 Å². The molecule has 0 radical (unpaired) electrons. The van der Waals surface area contributed by atoms with Gasteiger partial charge in [0, 0.05) is 0 Å². The Hall–Kier alpha value is 0.180. The van der Waals surface area contributed by atoms with E-state index in [1.165, 1.54) is 4.91 Å². The molecular weight excluding hydrogens is 124 g/mol. The Balaban J connectivity index is 2.50. The van der Waals surface area contributed by atoms with E-state index in [0.29, 0.717) is 0 Å². The maximum atomic E-state index is 2.14. The van der Waals surface area contributed by atoms with Crippen molar-refractivity contribution in [3.05, 3.63) is 21.1 Å². The van der Waals surface area contributed by atoms with Crippen LogP contribution in [0.25, 0.3) is 0 Å². The first-order valence-corrected chi connectivity index (χ1v) is 3.86. The van der Waals surface area contributed by atoms with Crippen molar-refractivity contribution in [1.29, 1.82) is 0 Å². The van der Waals surface area contributed by atoms with Crippen molar-refractivity contribution in [1.82, 2.24) is 0 Å². The van der Waals surface area contributed by atoms with Crippen molar-refractivity contribution < 1.29 is 0 Å². The van der Waals surface area contributed by atoms with Gasteiger partial charge in [-0.15, -0.1) is 23.5 Å². The molecule has 0 saturated heterocycles. The summed E-state index contributed by atoms with van der Waals surface area (Å²) in [5.74, 6) is 0. The van der Waals surface area contributed by atoms with Gasteiger partial charge in [0.1, 0.15) is 0 Å². The molecule has 1 aliphatic rings. The highest BCUT2D eigenvalue weighted by molar-refractivity contribution is 8.11. The minimum Gasteiger partial charge on any atom is -0.105 e. The zero-order valence-corrected chi connectivity index (χ0v) is 5.68. The SMILES string of the molecule is CC1=CSC=CS1. The van der Waals surface area contributed by atoms with Crippen LogP contribution in [0.4, 0.5) is 0 Å². The van der Waals surface area contributed by atoms with Crippen LogP contribution in [-0.2, 0) is 0 Å². The summed E-state index contributed by atoms with van der Waals surface area (Å²) < 4.78 is 0. The van der Waals surface area contributed by atoms with E-state index in [1.54, 1.807) is 23.5 Å². The molecule has 0 fully saturated rings. The molecule has 0 aromatic rings. The fourth-order valence-electron chi connectivity index (χ4n) is 0.330. The Bertz CT molecular complexity index is 113. The second-order valence-corrected chi connectivity index (χ2v) is 3.19. The van der Waals surface area contributed by atoms with Crippen LogP contribution in [0.5, 0.6) is 0 Å². The summed E-state index contributed by atoms with van der Waals surface area (Å²) in [5.41, 5.74) is 0. The van der Waals surface area contributed by atoms with Gasteiger partial charge in [0.15, 0.2) is 0 Å². The molecule has 0 bridgehead atoms. The maximum Gasteiger partial charge on any atom is -0.00729 e. The van der Waals surface area contributed by atoms with Gasteiger partial charge in [-0.25, -0.2) is 0 Å². The maximum absolute atomic E-state index is 2.14. The van der Waals surface area contributed by atoms with Crippen LogP contribution in [0.2, 0.25) is 0 Å². The average Bonchev–Trinajstić information content (AvgIpc) is 1.69. The molecule has 0 saturated carbocycles. The summed E-state index contributed by atoms with van der Waals surface area (Å²) >= 11 is 3.52. The first-order valence-electron chi connectivity index (χ1n) is 2.03. The Morgan fingerprint density at radius 3 is 2.57 bits per heavy atom. The highest BCUT2D eigenvalue weighted by Gasteiger charge is 1.88. The first kappa shape index (κ1) is 5.32. The van der Waals surface area contributed by atoms with Gasteiger partial charge in [0.2, 0.25) is 0 Å². The Kier molecular flexibility index (Phi) is 1.88. The van der Waals surface area contributed by atoms with E-state index in [4.69, 9.17) is 0 Å². The molecule has 2 heteroatoms.